The largest absolute Gasteiger partial charge is 0.389 e. The molecule has 0 aliphatic carbocycles. The summed E-state index contributed by atoms with van der Waals surface area (Å²) >= 11 is 3.52. The van der Waals surface area contributed by atoms with Gasteiger partial charge in [0.25, 0.3) is 0 Å². The van der Waals surface area contributed by atoms with Crippen molar-refractivity contribution in [2.75, 3.05) is 37.3 Å². The van der Waals surface area contributed by atoms with Gasteiger partial charge in [0.05, 0.1) is 18.0 Å². The molecule has 1 aromatic carbocycles. The summed E-state index contributed by atoms with van der Waals surface area (Å²) in [7, 11) is -3.10. The number of hydrogen-bond acceptors (Lipinski definition) is 4. The van der Waals surface area contributed by atoms with Crippen molar-refractivity contribution in [3.8, 4) is 0 Å². The van der Waals surface area contributed by atoms with Crippen LogP contribution in [0.25, 0.3) is 0 Å². The third-order valence-corrected chi connectivity index (χ3v) is 5.44. The number of aliphatic hydroxyl groups excluding tert-OH is 1. The van der Waals surface area contributed by atoms with E-state index in [1.807, 2.05) is 18.2 Å². The third kappa shape index (κ3) is 3.52. The van der Waals surface area contributed by atoms with Crippen LogP contribution in [0.2, 0.25) is 0 Å². The van der Waals surface area contributed by atoms with Crippen LogP contribution in [0, 0.1) is 0 Å². The first-order chi connectivity index (χ1) is 9.29. The summed E-state index contributed by atoms with van der Waals surface area (Å²) in [6.45, 7) is 4.07. The highest BCUT2D eigenvalue weighted by molar-refractivity contribution is 9.10. The molecule has 0 amide bonds. The molecular weight excluding hydrogens is 344 g/mol. The first kappa shape index (κ1) is 15.8. The molecule has 1 N–H and O–H groups in total. The van der Waals surface area contributed by atoms with E-state index in [4.69, 9.17) is 0 Å². The SMILES string of the molecule is C[C@H](O)c1ccc(N2CCN(S(C)(=O)=O)CC2)c(Br)c1. The molecule has 1 atom stereocenters. The van der Waals surface area contributed by atoms with Gasteiger partial charge in [0, 0.05) is 30.7 Å². The van der Waals surface area contributed by atoms with Crippen LogP contribution in [-0.4, -0.2) is 50.3 Å². The number of rotatable bonds is 3. The predicted octanol–water partition coefficient (Wildman–Crippen LogP) is 1.58. The average molecular weight is 363 g/mol. The maximum atomic E-state index is 11.5. The average Bonchev–Trinajstić information content (AvgIpc) is 2.37. The van der Waals surface area contributed by atoms with Gasteiger partial charge >= 0.3 is 0 Å². The molecule has 1 heterocycles. The molecule has 112 valence electrons. The van der Waals surface area contributed by atoms with Crippen LogP contribution in [0.1, 0.15) is 18.6 Å². The lowest BCUT2D eigenvalue weighted by Crippen LogP contribution is -2.48. The fourth-order valence-corrected chi connectivity index (χ4v) is 3.77. The summed E-state index contributed by atoms with van der Waals surface area (Å²) in [5.74, 6) is 0. The zero-order valence-electron chi connectivity index (χ0n) is 11.6. The molecular formula is C13H19BrN2O3S. The second-order valence-corrected chi connectivity index (χ2v) is 7.87. The second kappa shape index (κ2) is 6.01. The maximum Gasteiger partial charge on any atom is 0.211 e. The van der Waals surface area contributed by atoms with E-state index in [1.54, 1.807) is 6.92 Å². The monoisotopic (exact) mass is 362 g/mol. The zero-order valence-corrected chi connectivity index (χ0v) is 14.0. The molecule has 0 saturated carbocycles. The summed E-state index contributed by atoms with van der Waals surface area (Å²) in [4.78, 5) is 2.15. The van der Waals surface area contributed by atoms with E-state index in [0.717, 1.165) is 15.7 Å². The number of sulfonamides is 1. The highest BCUT2D eigenvalue weighted by atomic mass is 79.9. The van der Waals surface area contributed by atoms with Crippen LogP contribution in [0.3, 0.4) is 0 Å². The molecule has 0 bridgehead atoms. The highest BCUT2D eigenvalue weighted by Gasteiger charge is 2.24. The molecule has 2 rings (SSSR count). The van der Waals surface area contributed by atoms with E-state index < -0.39 is 16.1 Å². The molecule has 1 aliphatic rings. The fraction of sp³-hybridized carbons (Fsp3) is 0.538. The Morgan fingerprint density at radius 3 is 2.30 bits per heavy atom. The van der Waals surface area contributed by atoms with Crippen LogP contribution >= 0.6 is 15.9 Å². The fourth-order valence-electron chi connectivity index (χ4n) is 2.30. The highest BCUT2D eigenvalue weighted by Crippen LogP contribution is 2.30. The number of anilines is 1. The minimum Gasteiger partial charge on any atom is -0.389 e. The number of nitrogens with zero attached hydrogens (tertiary/aromatic N) is 2. The van der Waals surface area contributed by atoms with Crippen LogP contribution < -0.4 is 4.90 Å². The van der Waals surface area contributed by atoms with Crippen molar-refractivity contribution in [3.05, 3.63) is 28.2 Å². The minimum absolute atomic E-state index is 0.498. The van der Waals surface area contributed by atoms with Crippen LogP contribution in [0.15, 0.2) is 22.7 Å². The van der Waals surface area contributed by atoms with Gasteiger partial charge < -0.3 is 10.0 Å². The van der Waals surface area contributed by atoms with Gasteiger partial charge in [-0.25, -0.2) is 8.42 Å². The molecule has 1 saturated heterocycles. The van der Waals surface area contributed by atoms with Gasteiger partial charge in [-0.05, 0) is 40.5 Å². The van der Waals surface area contributed by atoms with Crippen molar-refractivity contribution in [2.24, 2.45) is 0 Å². The Balaban J connectivity index is 2.11. The zero-order chi connectivity index (χ0) is 14.9. The van der Waals surface area contributed by atoms with Gasteiger partial charge in [-0.15, -0.1) is 0 Å². The molecule has 20 heavy (non-hydrogen) atoms. The van der Waals surface area contributed by atoms with E-state index in [1.165, 1.54) is 10.6 Å². The van der Waals surface area contributed by atoms with Crippen molar-refractivity contribution in [1.29, 1.82) is 0 Å². The topological polar surface area (TPSA) is 60.9 Å². The second-order valence-electron chi connectivity index (χ2n) is 5.04. The van der Waals surface area contributed by atoms with Crippen LogP contribution in [-0.2, 0) is 10.0 Å². The van der Waals surface area contributed by atoms with E-state index in [2.05, 4.69) is 20.8 Å². The number of hydrogen-bond donors (Lipinski definition) is 1. The lowest BCUT2D eigenvalue weighted by Gasteiger charge is -2.35. The van der Waals surface area contributed by atoms with Gasteiger partial charge in [-0.3, -0.25) is 0 Å². The predicted molar refractivity (Wildman–Crippen MR) is 83.4 cm³/mol. The van der Waals surface area contributed by atoms with Crippen molar-refractivity contribution in [2.45, 2.75) is 13.0 Å². The first-order valence-electron chi connectivity index (χ1n) is 6.46. The molecule has 1 fully saturated rings. The number of halogens is 1. The quantitative estimate of drug-likeness (QED) is 0.886. The van der Waals surface area contributed by atoms with Crippen molar-refractivity contribution >= 4 is 31.6 Å². The van der Waals surface area contributed by atoms with Crippen LogP contribution in [0.4, 0.5) is 5.69 Å². The Hall–Kier alpha value is -0.630. The van der Waals surface area contributed by atoms with Crippen molar-refractivity contribution in [1.82, 2.24) is 4.31 Å². The Kier molecular flexibility index (Phi) is 4.73. The Labute approximate surface area is 128 Å². The lowest BCUT2D eigenvalue weighted by molar-refractivity contribution is 0.199. The molecule has 5 nitrogen and oxygen atoms in total. The summed E-state index contributed by atoms with van der Waals surface area (Å²) in [6, 6.07) is 5.76. The molecule has 1 aromatic rings. The van der Waals surface area contributed by atoms with Crippen molar-refractivity contribution < 1.29 is 13.5 Å². The Bertz CT molecular complexity index is 581. The Morgan fingerprint density at radius 1 is 1.25 bits per heavy atom. The molecule has 0 aromatic heterocycles. The Morgan fingerprint density at radius 2 is 1.85 bits per heavy atom. The smallest absolute Gasteiger partial charge is 0.211 e. The maximum absolute atomic E-state index is 11.5. The molecule has 0 spiro atoms. The van der Waals surface area contributed by atoms with Gasteiger partial charge in [-0.2, -0.15) is 4.31 Å². The standard InChI is InChI=1S/C13H19BrN2O3S/c1-10(17)11-3-4-13(12(14)9-11)15-5-7-16(8-6-15)20(2,18)19/h3-4,9-10,17H,5-8H2,1-2H3/t10-/m0/s1. The van der Waals surface area contributed by atoms with E-state index in [-0.39, 0.29) is 0 Å². The normalized spacial score (nSPS) is 19.1. The van der Waals surface area contributed by atoms with Gasteiger partial charge in [0.2, 0.25) is 10.0 Å². The molecule has 0 unspecified atom stereocenters. The van der Waals surface area contributed by atoms with E-state index >= 15 is 0 Å². The minimum atomic E-state index is -3.10. The molecule has 7 heteroatoms. The van der Waals surface area contributed by atoms with Gasteiger partial charge in [-0.1, -0.05) is 6.07 Å². The van der Waals surface area contributed by atoms with Crippen molar-refractivity contribution in [3.63, 3.8) is 0 Å². The van der Waals surface area contributed by atoms with E-state index in [9.17, 15) is 13.5 Å². The summed E-state index contributed by atoms with van der Waals surface area (Å²) in [6.07, 6.45) is 0.748. The van der Waals surface area contributed by atoms with Gasteiger partial charge in [0.1, 0.15) is 0 Å². The molecule has 0 radical (unpaired) electrons. The number of benzene rings is 1. The lowest BCUT2D eigenvalue weighted by atomic mass is 10.1. The first-order valence-corrected chi connectivity index (χ1v) is 9.11. The van der Waals surface area contributed by atoms with E-state index in [0.29, 0.717) is 26.2 Å². The van der Waals surface area contributed by atoms with Gasteiger partial charge in [0.15, 0.2) is 0 Å². The third-order valence-electron chi connectivity index (χ3n) is 3.50. The summed E-state index contributed by atoms with van der Waals surface area (Å²) < 4.78 is 25.4. The number of aliphatic hydroxyl groups is 1. The number of piperazine rings is 1. The van der Waals surface area contributed by atoms with Crippen LogP contribution in [0.5, 0.6) is 0 Å². The summed E-state index contributed by atoms with van der Waals surface area (Å²) in [5.41, 5.74) is 1.89. The molecule has 1 aliphatic heterocycles. The summed E-state index contributed by atoms with van der Waals surface area (Å²) in [5, 5.41) is 9.57.